The molecular weight excluding hydrogens is 338 g/mol. The zero-order chi connectivity index (χ0) is 18.2. The average molecular weight is 359 g/mol. The number of rotatable bonds is 7. The van der Waals surface area contributed by atoms with E-state index in [1.165, 1.54) is 0 Å². The molecule has 2 aromatic carbocycles. The molecule has 0 atom stereocenters. The number of methoxy groups -OCH3 is 2. The number of anilines is 1. The van der Waals surface area contributed by atoms with Gasteiger partial charge in [0.1, 0.15) is 0 Å². The second kappa shape index (κ2) is 8.89. The highest BCUT2D eigenvalue weighted by atomic mass is 32.1. The van der Waals surface area contributed by atoms with E-state index >= 15 is 0 Å². The van der Waals surface area contributed by atoms with Crippen molar-refractivity contribution in [2.45, 2.75) is 6.42 Å². The van der Waals surface area contributed by atoms with Gasteiger partial charge in [-0.3, -0.25) is 4.79 Å². The molecule has 0 heterocycles. The zero-order valence-corrected chi connectivity index (χ0v) is 15.0. The van der Waals surface area contributed by atoms with Crippen LogP contribution >= 0.6 is 12.2 Å². The van der Waals surface area contributed by atoms with Gasteiger partial charge in [-0.05, 0) is 48.5 Å². The van der Waals surface area contributed by atoms with Crippen LogP contribution in [0.25, 0.3) is 0 Å². The van der Waals surface area contributed by atoms with Crippen LogP contribution in [0.15, 0.2) is 42.5 Å². The molecule has 0 aliphatic rings. The Morgan fingerprint density at radius 2 is 1.84 bits per heavy atom. The summed E-state index contributed by atoms with van der Waals surface area (Å²) in [5, 5.41) is 5.82. The number of benzene rings is 2. The minimum atomic E-state index is -0.195. The predicted molar refractivity (Wildman–Crippen MR) is 102 cm³/mol. The monoisotopic (exact) mass is 359 g/mol. The van der Waals surface area contributed by atoms with Gasteiger partial charge >= 0.3 is 0 Å². The number of carbonyl (C=O) groups excluding carboxylic acids is 1. The molecule has 1 amide bonds. The molecule has 6 nitrogen and oxygen atoms in total. The number of nitrogens with one attached hydrogen (secondary N) is 2. The predicted octanol–water partition coefficient (Wildman–Crippen LogP) is 2.33. The minimum Gasteiger partial charge on any atom is -0.493 e. The number of thiocarbonyl (C=S) groups is 1. The van der Waals surface area contributed by atoms with E-state index in [-0.39, 0.29) is 11.0 Å². The summed E-state index contributed by atoms with van der Waals surface area (Å²) in [7, 11) is 3.19. The Labute approximate surface area is 152 Å². The van der Waals surface area contributed by atoms with Crippen LogP contribution in [0.3, 0.4) is 0 Å². The number of nitrogens with two attached hydrogens (primary N) is 1. The van der Waals surface area contributed by atoms with E-state index in [2.05, 4.69) is 10.6 Å². The molecule has 2 aromatic rings. The summed E-state index contributed by atoms with van der Waals surface area (Å²) in [5.41, 5.74) is 7.59. The maximum Gasteiger partial charge on any atom is 0.253 e. The Morgan fingerprint density at radius 3 is 2.52 bits per heavy atom. The highest BCUT2D eigenvalue weighted by Gasteiger charge is 2.11. The Balaban J connectivity index is 1.98. The van der Waals surface area contributed by atoms with Crippen molar-refractivity contribution in [3.63, 3.8) is 0 Å². The van der Waals surface area contributed by atoms with Gasteiger partial charge in [0.15, 0.2) is 16.6 Å². The standard InChI is InChI=1S/C18H21N3O3S/c1-23-15-8-7-12(11-16(15)24-2)9-10-20-17(22)13-5-3-4-6-14(13)21-18(19)25/h3-8,11H,9-10H2,1-2H3,(H,20,22)(H3,19,21,25). The SMILES string of the molecule is COc1ccc(CCNC(=O)c2ccccc2NC(N)=S)cc1OC. The number of amides is 1. The molecule has 0 unspecified atom stereocenters. The van der Waals surface area contributed by atoms with E-state index in [0.29, 0.717) is 35.7 Å². The van der Waals surface area contributed by atoms with E-state index in [9.17, 15) is 4.79 Å². The van der Waals surface area contributed by atoms with E-state index in [1.54, 1.807) is 38.5 Å². The van der Waals surface area contributed by atoms with Crippen LogP contribution in [0, 0.1) is 0 Å². The number of ether oxygens (including phenoxy) is 2. The molecule has 0 bridgehead atoms. The molecule has 0 saturated carbocycles. The summed E-state index contributed by atoms with van der Waals surface area (Å²) in [5.74, 6) is 1.14. The molecule has 7 heteroatoms. The lowest BCUT2D eigenvalue weighted by Crippen LogP contribution is -2.28. The minimum absolute atomic E-state index is 0.116. The van der Waals surface area contributed by atoms with Gasteiger partial charge in [0.2, 0.25) is 0 Å². The highest BCUT2D eigenvalue weighted by molar-refractivity contribution is 7.80. The van der Waals surface area contributed by atoms with Gasteiger partial charge in [0.05, 0.1) is 25.5 Å². The molecule has 0 saturated heterocycles. The number of hydrogen-bond acceptors (Lipinski definition) is 4. The maximum atomic E-state index is 12.4. The van der Waals surface area contributed by atoms with E-state index in [0.717, 1.165) is 5.56 Å². The van der Waals surface area contributed by atoms with Crippen LogP contribution in [-0.2, 0) is 6.42 Å². The lowest BCUT2D eigenvalue weighted by atomic mass is 10.1. The van der Waals surface area contributed by atoms with Crippen molar-refractivity contribution < 1.29 is 14.3 Å². The first-order chi connectivity index (χ1) is 12.0. The fourth-order valence-electron chi connectivity index (χ4n) is 2.37. The second-order valence-electron chi connectivity index (χ2n) is 5.23. The van der Waals surface area contributed by atoms with E-state index in [1.807, 2.05) is 18.2 Å². The van der Waals surface area contributed by atoms with Crippen molar-refractivity contribution in [3.05, 3.63) is 53.6 Å². The topological polar surface area (TPSA) is 85.6 Å². The van der Waals surface area contributed by atoms with Crippen molar-refractivity contribution in [2.75, 3.05) is 26.1 Å². The number of carbonyl (C=O) groups is 1. The smallest absolute Gasteiger partial charge is 0.253 e. The molecule has 0 aliphatic carbocycles. The molecule has 0 aromatic heterocycles. The van der Waals surface area contributed by atoms with Gasteiger partial charge < -0.3 is 25.8 Å². The first-order valence-electron chi connectivity index (χ1n) is 7.69. The summed E-state index contributed by atoms with van der Waals surface area (Å²) in [4.78, 5) is 12.4. The Bertz CT molecular complexity index is 765. The van der Waals surface area contributed by atoms with Crippen molar-refractivity contribution >= 4 is 28.9 Å². The first kappa shape index (κ1) is 18.5. The lowest BCUT2D eigenvalue weighted by Gasteiger charge is -2.12. The highest BCUT2D eigenvalue weighted by Crippen LogP contribution is 2.27. The fraction of sp³-hybridized carbons (Fsp3) is 0.222. The van der Waals surface area contributed by atoms with Gasteiger partial charge in [-0.15, -0.1) is 0 Å². The molecule has 2 rings (SSSR count). The number of para-hydroxylation sites is 1. The molecule has 132 valence electrons. The van der Waals surface area contributed by atoms with Crippen LogP contribution in [0.1, 0.15) is 15.9 Å². The average Bonchev–Trinajstić information content (AvgIpc) is 2.61. The fourth-order valence-corrected chi connectivity index (χ4v) is 2.48. The third-order valence-corrected chi connectivity index (χ3v) is 3.68. The summed E-state index contributed by atoms with van der Waals surface area (Å²) in [6, 6.07) is 12.7. The van der Waals surface area contributed by atoms with E-state index in [4.69, 9.17) is 27.4 Å². The Morgan fingerprint density at radius 1 is 1.12 bits per heavy atom. The Kier molecular flexibility index (Phi) is 6.59. The Hall–Kier alpha value is -2.80. The van der Waals surface area contributed by atoms with Crippen molar-refractivity contribution in [1.29, 1.82) is 0 Å². The van der Waals surface area contributed by atoms with Gasteiger partial charge in [0.25, 0.3) is 5.91 Å². The van der Waals surface area contributed by atoms with Crippen LogP contribution in [0.5, 0.6) is 11.5 Å². The van der Waals surface area contributed by atoms with Crippen molar-refractivity contribution in [1.82, 2.24) is 5.32 Å². The molecular formula is C18H21N3O3S. The zero-order valence-electron chi connectivity index (χ0n) is 14.2. The maximum absolute atomic E-state index is 12.4. The third-order valence-electron chi connectivity index (χ3n) is 3.58. The summed E-state index contributed by atoms with van der Waals surface area (Å²) in [6.07, 6.45) is 0.664. The number of hydrogen-bond donors (Lipinski definition) is 3. The van der Waals surface area contributed by atoms with Crippen LogP contribution in [-0.4, -0.2) is 31.8 Å². The van der Waals surface area contributed by atoms with Crippen molar-refractivity contribution in [3.8, 4) is 11.5 Å². The van der Waals surface area contributed by atoms with Gasteiger partial charge in [0, 0.05) is 6.54 Å². The second-order valence-corrected chi connectivity index (χ2v) is 5.67. The normalized spacial score (nSPS) is 10.0. The van der Waals surface area contributed by atoms with Crippen LogP contribution in [0.4, 0.5) is 5.69 Å². The van der Waals surface area contributed by atoms with Crippen LogP contribution in [0.2, 0.25) is 0 Å². The summed E-state index contributed by atoms with van der Waals surface area (Å²) < 4.78 is 10.5. The largest absolute Gasteiger partial charge is 0.493 e. The third kappa shape index (κ3) is 5.09. The van der Waals surface area contributed by atoms with Gasteiger partial charge in [-0.2, -0.15) is 0 Å². The molecule has 0 radical (unpaired) electrons. The van der Waals surface area contributed by atoms with Gasteiger partial charge in [-0.25, -0.2) is 0 Å². The van der Waals surface area contributed by atoms with Crippen molar-refractivity contribution in [2.24, 2.45) is 5.73 Å². The molecule has 4 N–H and O–H groups in total. The lowest BCUT2D eigenvalue weighted by molar-refractivity contribution is 0.0955. The van der Waals surface area contributed by atoms with E-state index < -0.39 is 0 Å². The molecule has 25 heavy (non-hydrogen) atoms. The molecule has 0 fully saturated rings. The van der Waals surface area contributed by atoms with Crippen LogP contribution < -0.4 is 25.8 Å². The first-order valence-corrected chi connectivity index (χ1v) is 8.10. The molecule has 0 aliphatic heterocycles. The summed E-state index contributed by atoms with van der Waals surface area (Å²) >= 11 is 4.83. The van der Waals surface area contributed by atoms with Gasteiger partial charge in [-0.1, -0.05) is 18.2 Å². The summed E-state index contributed by atoms with van der Waals surface area (Å²) in [6.45, 7) is 0.482. The molecule has 0 spiro atoms. The quantitative estimate of drug-likeness (QED) is 0.658.